The molecule has 2 atom stereocenters. The second kappa shape index (κ2) is 9.97. The predicted molar refractivity (Wildman–Crippen MR) is 108 cm³/mol. The van der Waals surface area contributed by atoms with E-state index in [1.54, 1.807) is 6.07 Å². The molecule has 8 heteroatoms. The Morgan fingerprint density at radius 3 is 3.03 bits per heavy atom. The first kappa shape index (κ1) is 20.7. The Bertz CT molecular complexity index is 850. The second-order valence-corrected chi connectivity index (χ2v) is 7.02. The molecular weight excluding hydrogens is 375 g/mol. The molecule has 0 aliphatic carbocycles. The van der Waals surface area contributed by atoms with Crippen molar-refractivity contribution in [1.29, 1.82) is 0 Å². The van der Waals surface area contributed by atoms with E-state index < -0.39 is 17.8 Å². The van der Waals surface area contributed by atoms with E-state index >= 15 is 0 Å². The molecule has 3 rings (SSSR count). The van der Waals surface area contributed by atoms with Gasteiger partial charge in [0.2, 0.25) is 5.91 Å². The number of carboxylic acids is 1. The van der Waals surface area contributed by atoms with Crippen molar-refractivity contribution in [3.63, 3.8) is 0 Å². The number of rotatable bonds is 9. The van der Waals surface area contributed by atoms with Crippen molar-refractivity contribution in [2.75, 3.05) is 19.6 Å². The minimum absolute atomic E-state index is 0.0964. The van der Waals surface area contributed by atoms with Crippen molar-refractivity contribution in [2.45, 2.75) is 31.3 Å². The number of dihydropyridines is 1. The van der Waals surface area contributed by atoms with Crippen LogP contribution >= 0.6 is 0 Å². The number of aliphatic imine (C=N–C) groups is 1. The maximum Gasteiger partial charge on any atom is 0.305 e. The van der Waals surface area contributed by atoms with Gasteiger partial charge >= 0.3 is 5.97 Å². The zero-order valence-electron chi connectivity index (χ0n) is 16.0. The highest BCUT2D eigenvalue weighted by molar-refractivity contribution is 6.02. The summed E-state index contributed by atoms with van der Waals surface area (Å²) in [6, 6.07) is 4.94. The first-order valence-corrected chi connectivity index (χ1v) is 9.68. The maximum atomic E-state index is 13.4. The molecule has 1 amide bonds. The first-order valence-electron chi connectivity index (χ1n) is 9.68. The van der Waals surface area contributed by atoms with Crippen LogP contribution in [0.4, 0.5) is 4.39 Å². The zero-order valence-corrected chi connectivity index (χ0v) is 16.0. The number of nitrogens with one attached hydrogen (secondary N) is 3. The summed E-state index contributed by atoms with van der Waals surface area (Å²) >= 11 is 0. The summed E-state index contributed by atoms with van der Waals surface area (Å²) in [5.41, 5.74) is 1.55. The summed E-state index contributed by atoms with van der Waals surface area (Å²) in [5, 5.41) is 18.3. The van der Waals surface area contributed by atoms with Crippen LogP contribution in [0.5, 0.6) is 0 Å². The Labute approximate surface area is 168 Å². The number of halogens is 1. The Balaban J connectivity index is 1.44. The molecule has 2 unspecified atom stereocenters. The van der Waals surface area contributed by atoms with Crippen molar-refractivity contribution in [3.8, 4) is 0 Å². The largest absolute Gasteiger partial charge is 0.481 e. The van der Waals surface area contributed by atoms with Gasteiger partial charge in [-0.3, -0.25) is 14.6 Å². The van der Waals surface area contributed by atoms with Crippen molar-refractivity contribution < 1.29 is 19.1 Å². The highest BCUT2D eigenvalue weighted by Gasteiger charge is 2.19. The summed E-state index contributed by atoms with van der Waals surface area (Å²) in [7, 11) is 0. The third-order valence-corrected chi connectivity index (χ3v) is 4.73. The molecule has 4 N–H and O–H groups in total. The first-order chi connectivity index (χ1) is 14.0. The van der Waals surface area contributed by atoms with Gasteiger partial charge in [-0.15, -0.1) is 0 Å². The quantitative estimate of drug-likeness (QED) is 0.473. The normalized spacial score (nSPS) is 18.7. The van der Waals surface area contributed by atoms with Gasteiger partial charge in [-0.2, -0.15) is 0 Å². The number of carbonyl (C=O) groups excluding carboxylic acids is 1. The molecule has 0 saturated carbocycles. The van der Waals surface area contributed by atoms with E-state index in [2.05, 4.69) is 39.2 Å². The fourth-order valence-electron chi connectivity index (χ4n) is 3.30. The van der Waals surface area contributed by atoms with Crippen molar-refractivity contribution in [2.24, 2.45) is 4.99 Å². The van der Waals surface area contributed by atoms with Gasteiger partial charge in [-0.1, -0.05) is 30.4 Å². The van der Waals surface area contributed by atoms with Gasteiger partial charge < -0.3 is 21.1 Å². The topological polar surface area (TPSA) is 103 Å². The number of hydrogen-bond donors (Lipinski definition) is 4. The highest BCUT2D eigenvalue weighted by Crippen LogP contribution is 2.18. The van der Waals surface area contributed by atoms with Gasteiger partial charge in [0.05, 0.1) is 18.5 Å². The Morgan fingerprint density at radius 2 is 2.24 bits per heavy atom. The molecule has 2 aliphatic heterocycles. The molecule has 7 nitrogen and oxygen atoms in total. The van der Waals surface area contributed by atoms with E-state index in [-0.39, 0.29) is 24.8 Å². The van der Waals surface area contributed by atoms with Crippen LogP contribution in [0.15, 0.2) is 53.1 Å². The summed E-state index contributed by atoms with van der Waals surface area (Å²) < 4.78 is 13.4. The average Bonchev–Trinajstić information content (AvgIpc) is 2.70. The number of carbonyl (C=O) groups is 2. The monoisotopic (exact) mass is 400 g/mol. The lowest BCUT2D eigenvalue weighted by molar-refractivity contribution is -0.137. The molecule has 29 heavy (non-hydrogen) atoms. The standard InChI is InChI=1S/C21H25FN4O3/c22-16-5-1-3-15(11-16)18(12-20(28)29)26-19(27)8-10-23-13-17-7-6-14-4-2-9-24-21(14)25-17/h1,3-7,11,17-18,23H,2,8-10,12-13H2,(H,24,25)(H,26,27)(H,28,29). The van der Waals surface area contributed by atoms with Gasteiger partial charge in [0.1, 0.15) is 11.7 Å². The van der Waals surface area contributed by atoms with E-state index in [9.17, 15) is 14.0 Å². The molecule has 0 saturated heterocycles. The van der Waals surface area contributed by atoms with E-state index in [1.807, 2.05) is 0 Å². The van der Waals surface area contributed by atoms with Gasteiger partial charge in [-0.05, 0) is 24.1 Å². The number of aliphatic carboxylic acids is 1. The SMILES string of the molecule is O=C(O)CC(NC(=O)CCNCC1C=CC2=CCCN=C2N1)c1cccc(F)c1. The van der Waals surface area contributed by atoms with E-state index in [4.69, 9.17) is 5.11 Å². The van der Waals surface area contributed by atoms with Crippen LogP contribution in [0.25, 0.3) is 0 Å². The average molecular weight is 400 g/mol. The highest BCUT2D eigenvalue weighted by atomic mass is 19.1. The van der Waals surface area contributed by atoms with Crippen molar-refractivity contribution in [1.82, 2.24) is 16.0 Å². The molecule has 0 spiro atoms. The van der Waals surface area contributed by atoms with Crippen LogP contribution < -0.4 is 16.0 Å². The summed E-state index contributed by atoms with van der Waals surface area (Å²) in [4.78, 5) is 27.8. The van der Waals surface area contributed by atoms with Crippen LogP contribution in [0.1, 0.15) is 30.9 Å². The van der Waals surface area contributed by atoms with Crippen molar-refractivity contribution in [3.05, 3.63) is 59.4 Å². The van der Waals surface area contributed by atoms with Gasteiger partial charge in [0, 0.05) is 31.6 Å². The number of nitrogens with zero attached hydrogens (tertiary/aromatic N) is 1. The number of fused-ring (bicyclic) bond motifs is 1. The van der Waals surface area contributed by atoms with Crippen LogP contribution in [-0.2, 0) is 9.59 Å². The molecule has 2 heterocycles. The Hall–Kier alpha value is -3.00. The van der Waals surface area contributed by atoms with Crippen LogP contribution in [0.2, 0.25) is 0 Å². The number of amidine groups is 1. The fraction of sp³-hybridized carbons (Fsp3) is 0.381. The van der Waals surface area contributed by atoms with E-state index in [1.165, 1.54) is 18.2 Å². The molecule has 0 aromatic heterocycles. The summed E-state index contributed by atoms with van der Waals surface area (Å²) in [6.07, 6.45) is 7.12. The number of amides is 1. The minimum atomic E-state index is -1.06. The van der Waals surface area contributed by atoms with E-state index in [0.717, 1.165) is 24.4 Å². The minimum Gasteiger partial charge on any atom is -0.481 e. The van der Waals surface area contributed by atoms with Gasteiger partial charge in [-0.25, -0.2) is 4.39 Å². The third kappa shape index (κ3) is 6.25. The molecule has 154 valence electrons. The Kier molecular flexibility index (Phi) is 7.13. The lowest BCUT2D eigenvalue weighted by Crippen LogP contribution is -2.44. The number of hydrogen-bond acceptors (Lipinski definition) is 5. The van der Waals surface area contributed by atoms with Gasteiger partial charge in [0.15, 0.2) is 0 Å². The molecule has 0 fully saturated rings. The summed E-state index contributed by atoms with van der Waals surface area (Å²) in [6.45, 7) is 1.87. The third-order valence-electron chi connectivity index (χ3n) is 4.73. The molecule has 0 radical (unpaired) electrons. The second-order valence-electron chi connectivity index (χ2n) is 7.02. The number of benzene rings is 1. The number of carboxylic acid groups (broad SMARTS) is 1. The van der Waals surface area contributed by atoms with Crippen molar-refractivity contribution >= 4 is 17.7 Å². The molecular formula is C21H25FN4O3. The smallest absolute Gasteiger partial charge is 0.305 e. The Morgan fingerprint density at radius 1 is 1.38 bits per heavy atom. The molecule has 1 aromatic carbocycles. The zero-order chi connectivity index (χ0) is 20.6. The molecule has 0 bridgehead atoms. The van der Waals surface area contributed by atoms with Crippen LogP contribution in [0, 0.1) is 5.82 Å². The molecule has 1 aromatic rings. The lowest BCUT2D eigenvalue weighted by Gasteiger charge is -2.25. The predicted octanol–water partition coefficient (Wildman–Crippen LogP) is 1.69. The molecule has 2 aliphatic rings. The van der Waals surface area contributed by atoms with Crippen LogP contribution in [-0.4, -0.2) is 48.5 Å². The fourth-order valence-corrected chi connectivity index (χ4v) is 3.30. The summed E-state index contributed by atoms with van der Waals surface area (Å²) in [5.74, 6) is -0.911. The van der Waals surface area contributed by atoms with Crippen LogP contribution in [0.3, 0.4) is 0 Å². The van der Waals surface area contributed by atoms with E-state index in [0.29, 0.717) is 18.7 Å². The maximum absolute atomic E-state index is 13.4. The lowest BCUT2D eigenvalue weighted by atomic mass is 10.0. The van der Waals surface area contributed by atoms with Gasteiger partial charge in [0.25, 0.3) is 0 Å².